The standard InChI is InChI=1S/C90H86N4/c1-87(2,3)63-29-35-67(36-30-63)91(69-17-15-19-71(49-69)93-81-25-11-7-21-73(81)74-22-8-12-26-82(74)93)85-77-39-33-66(90-54-60-44-61(55-90)46-62(45-60)56-90)48-80(77)86(78-40-34-65(47-79(78)85)89-51-57-41-58(52-89)43-59(42-57)53-89)92(68-37-31-64(32-38-68)88(4,5)6)70-18-16-20-72(50-70)94-83-27-13-9-23-75(83)76-24-10-14-28-84(76)94/h7-40,47-50,57-62H,41-46,51-56H2,1-6H3. The van der Waals surface area contributed by atoms with Gasteiger partial charge in [-0.15, -0.1) is 0 Å². The van der Waals surface area contributed by atoms with E-state index in [1.54, 1.807) is 11.1 Å². The first-order chi connectivity index (χ1) is 45.7. The molecule has 21 rings (SSSR count). The number of para-hydroxylation sites is 4. The van der Waals surface area contributed by atoms with Crippen LogP contribution in [0.1, 0.15) is 141 Å². The van der Waals surface area contributed by atoms with Crippen LogP contribution < -0.4 is 9.80 Å². The maximum Gasteiger partial charge on any atom is 0.0620 e. The molecule has 0 spiro atoms. The Balaban J connectivity index is 0.936. The van der Waals surface area contributed by atoms with Crippen molar-refractivity contribution in [2.75, 3.05) is 9.80 Å². The van der Waals surface area contributed by atoms with E-state index in [4.69, 9.17) is 0 Å². The lowest BCUT2D eigenvalue weighted by Crippen LogP contribution is -2.48. The fraction of sp³-hybridized carbons (Fsp3) is 0.311. The van der Waals surface area contributed by atoms with Crippen molar-refractivity contribution in [1.82, 2.24) is 9.13 Å². The lowest BCUT2D eigenvalue weighted by Gasteiger charge is -2.57. The molecule has 0 aliphatic heterocycles. The fourth-order valence-electron chi connectivity index (χ4n) is 21.2. The second-order valence-corrected chi connectivity index (χ2v) is 32.7. The summed E-state index contributed by atoms with van der Waals surface area (Å²) in [4.78, 5) is 5.41. The molecular formula is C90H86N4. The van der Waals surface area contributed by atoms with Crippen LogP contribution in [0.3, 0.4) is 0 Å². The van der Waals surface area contributed by atoms with Gasteiger partial charge in [0.2, 0.25) is 0 Å². The molecule has 8 aliphatic rings. The Morgan fingerprint density at radius 1 is 0.287 bits per heavy atom. The van der Waals surface area contributed by atoms with Crippen molar-refractivity contribution in [3.8, 4) is 11.4 Å². The molecule has 13 aromatic rings. The monoisotopic (exact) mass is 1220 g/mol. The smallest absolute Gasteiger partial charge is 0.0620 e. The van der Waals surface area contributed by atoms with Crippen molar-refractivity contribution in [3.63, 3.8) is 0 Å². The van der Waals surface area contributed by atoms with Crippen molar-refractivity contribution in [2.24, 2.45) is 35.5 Å². The number of benzene rings is 11. The molecule has 4 heteroatoms. The lowest BCUT2D eigenvalue weighted by molar-refractivity contribution is -0.00525. The summed E-state index contributed by atoms with van der Waals surface area (Å²) in [6.07, 6.45) is 16.3. The third kappa shape index (κ3) is 8.89. The predicted molar refractivity (Wildman–Crippen MR) is 397 cm³/mol. The summed E-state index contributed by atoms with van der Waals surface area (Å²) < 4.78 is 5.01. The zero-order chi connectivity index (χ0) is 63.0. The summed E-state index contributed by atoms with van der Waals surface area (Å²) in [5.41, 5.74) is 20.4. The summed E-state index contributed by atoms with van der Waals surface area (Å²) >= 11 is 0. The average Bonchev–Trinajstić information content (AvgIpc) is 1.17. The highest BCUT2D eigenvalue weighted by molar-refractivity contribution is 6.24. The first-order valence-corrected chi connectivity index (χ1v) is 35.7. The van der Waals surface area contributed by atoms with Crippen LogP contribution in [0.15, 0.2) is 231 Å². The van der Waals surface area contributed by atoms with Gasteiger partial charge in [-0.05, 0) is 254 Å². The molecule has 0 saturated heterocycles. The molecule has 94 heavy (non-hydrogen) atoms. The predicted octanol–water partition coefficient (Wildman–Crippen LogP) is 24.7. The molecule has 0 amide bonds. The number of anilines is 6. The Bertz CT molecular complexity index is 4690. The maximum atomic E-state index is 2.77. The van der Waals surface area contributed by atoms with E-state index < -0.39 is 0 Å². The third-order valence-electron chi connectivity index (χ3n) is 24.6. The summed E-state index contributed by atoms with van der Waals surface area (Å²) in [7, 11) is 0. The van der Waals surface area contributed by atoms with Gasteiger partial charge in [-0.25, -0.2) is 0 Å². The van der Waals surface area contributed by atoms with Gasteiger partial charge in [0.25, 0.3) is 0 Å². The van der Waals surface area contributed by atoms with Crippen LogP contribution in [-0.2, 0) is 21.7 Å². The molecule has 8 bridgehead atoms. The fourth-order valence-corrected chi connectivity index (χ4v) is 21.2. The van der Waals surface area contributed by atoms with Crippen LogP contribution >= 0.6 is 0 Å². The largest absolute Gasteiger partial charge is 0.309 e. The van der Waals surface area contributed by atoms with E-state index in [0.717, 1.165) is 58.3 Å². The Morgan fingerprint density at radius 3 is 0.904 bits per heavy atom. The quantitative estimate of drug-likeness (QED) is 0.100. The number of hydrogen-bond donors (Lipinski definition) is 0. The topological polar surface area (TPSA) is 16.3 Å². The SMILES string of the molecule is CC(C)(C)c1ccc(N(c2cccc(-n3c4ccccc4c4ccccc43)c2)c2c3ccc(C45CC6CC(CC(C6)C4)C5)cc3c(N(c3ccc(C(C)(C)C)cc3)c3cccc(-n4c5ccccc5c5ccccc54)c3)c3ccc(C45CC6CC(CC(C6)C4)C5)cc23)cc1. The molecule has 2 heterocycles. The molecule has 4 nitrogen and oxygen atoms in total. The lowest BCUT2D eigenvalue weighted by atomic mass is 9.48. The van der Waals surface area contributed by atoms with Crippen LogP contribution in [0.25, 0.3) is 76.5 Å². The highest BCUT2D eigenvalue weighted by Gasteiger charge is 2.53. The van der Waals surface area contributed by atoms with Crippen molar-refractivity contribution in [1.29, 1.82) is 0 Å². The number of hydrogen-bond acceptors (Lipinski definition) is 2. The van der Waals surface area contributed by atoms with E-state index in [-0.39, 0.29) is 21.7 Å². The van der Waals surface area contributed by atoms with Gasteiger partial charge in [-0.2, -0.15) is 0 Å². The zero-order valence-corrected chi connectivity index (χ0v) is 55.7. The van der Waals surface area contributed by atoms with E-state index in [9.17, 15) is 0 Å². The van der Waals surface area contributed by atoms with Gasteiger partial charge in [-0.1, -0.05) is 175 Å². The second-order valence-electron chi connectivity index (χ2n) is 32.7. The number of rotatable bonds is 10. The molecular weight excluding hydrogens is 1140 g/mol. The first kappa shape index (κ1) is 56.7. The summed E-state index contributed by atoms with van der Waals surface area (Å²) in [6, 6.07) is 90.6. The second kappa shape index (κ2) is 20.8. The normalized spacial score (nSPS) is 23.9. The van der Waals surface area contributed by atoms with Crippen LogP contribution in [0.2, 0.25) is 0 Å². The van der Waals surface area contributed by atoms with Gasteiger partial charge in [0.1, 0.15) is 0 Å². The van der Waals surface area contributed by atoms with Crippen LogP contribution in [0, 0.1) is 35.5 Å². The molecule has 0 radical (unpaired) electrons. The Morgan fingerprint density at radius 2 is 0.596 bits per heavy atom. The molecule has 0 atom stereocenters. The third-order valence-corrected chi connectivity index (χ3v) is 24.6. The highest BCUT2D eigenvalue weighted by Crippen LogP contribution is 2.64. The molecule has 466 valence electrons. The van der Waals surface area contributed by atoms with E-state index in [1.165, 1.54) is 176 Å². The summed E-state index contributed by atoms with van der Waals surface area (Å²) in [6.45, 7) is 14.1. The highest BCUT2D eigenvalue weighted by atomic mass is 15.2. The Kier molecular flexibility index (Phi) is 12.5. The zero-order valence-electron chi connectivity index (χ0n) is 55.7. The molecule has 0 N–H and O–H groups in total. The van der Waals surface area contributed by atoms with Crippen molar-refractivity contribution in [2.45, 2.75) is 140 Å². The van der Waals surface area contributed by atoms with E-state index in [2.05, 4.69) is 291 Å². The van der Waals surface area contributed by atoms with Gasteiger partial charge in [0, 0.05) is 77.2 Å². The Hall–Kier alpha value is -8.86. The van der Waals surface area contributed by atoms with Crippen LogP contribution in [-0.4, -0.2) is 9.13 Å². The minimum absolute atomic E-state index is 0.0192. The molecule has 0 unspecified atom stereocenters. The van der Waals surface area contributed by atoms with E-state index in [1.807, 2.05) is 0 Å². The molecule has 8 aliphatic carbocycles. The minimum atomic E-state index is -0.0192. The molecule has 8 saturated carbocycles. The van der Waals surface area contributed by atoms with Gasteiger partial charge >= 0.3 is 0 Å². The number of aromatic nitrogens is 2. The number of nitrogens with zero attached hydrogens (tertiary/aromatic N) is 4. The van der Waals surface area contributed by atoms with E-state index in [0.29, 0.717) is 0 Å². The van der Waals surface area contributed by atoms with E-state index >= 15 is 0 Å². The van der Waals surface area contributed by atoms with Crippen molar-refractivity contribution >= 4 is 99.3 Å². The summed E-state index contributed by atoms with van der Waals surface area (Å²) in [5, 5.41) is 10.3. The first-order valence-electron chi connectivity index (χ1n) is 35.7. The van der Waals surface area contributed by atoms with Gasteiger partial charge in [0.15, 0.2) is 0 Å². The van der Waals surface area contributed by atoms with Gasteiger partial charge < -0.3 is 18.9 Å². The van der Waals surface area contributed by atoms with Crippen LogP contribution in [0.5, 0.6) is 0 Å². The molecule has 11 aromatic carbocycles. The van der Waals surface area contributed by atoms with Gasteiger partial charge in [0.05, 0.1) is 33.4 Å². The summed E-state index contributed by atoms with van der Waals surface area (Å²) in [5.74, 6) is 4.87. The Labute approximate surface area is 554 Å². The minimum Gasteiger partial charge on any atom is -0.309 e. The van der Waals surface area contributed by atoms with Crippen molar-refractivity contribution in [3.05, 3.63) is 253 Å². The molecule has 8 fully saturated rings. The van der Waals surface area contributed by atoms with Crippen LogP contribution in [0.4, 0.5) is 34.1 Å². The van der Waals surface area contributed by atoms with Gasteiger partial charge in [-0.3, -0.25) is 0 Å². The molecule has 2 aromatic heterocycles. The maximum absolute atomic E-state index is 2.77. The average molecular weight is 1220 g/mol. The number of fused-ring (bicyclic) bond motifs is 8. The van der Waals surface area contributed by atoms with Crippen molar-refractivity contribution < 1.29 is 0 Å².